The lowest BCUT2D eigenvalue weighted by atomic mass is 9.96. The zero-order valence-corrected chi connectivity index (χ0v) is 15.3. The van der Waals surface area contributed by atoms with E-state index in [1.807, 2.05) is 0 Å². The molecule has 3 aromatic carbocycles. The number of anilines is 3. The molecule has 164 valence electrons. The van der Waals surface area contributed by atoms with Gasteiger partial charge >= 0.3 is 18.5 Å². The Morgan fingerprint density at radius 2 is 0.871 bits per heavy atom. The monoisotopic (exact) mass is 449 g/mol. The molecule has 0 spiro atoms. The van der Waals surface area contributed by atoms with Crippen molar-refractivity contribution in [2.24, 2.45) is 0 Å². The molecule has 3 rings (SSSR count). The summed E-state index contributed by atoms with van der Waals surface area (Å²) in [6.07, 6.45) is -17.3. The van der Waals surface area contributed by atoms with Gasteiger partial charge in [0.2, 0.25) is 0 Å². The Morgan fingerprint density at radius 3 is 1.23 bits per heavy atom. The van der Waals surface area contributed by atoms with E-state index in [-0.39, 0.29) is 17.4 Å². The van der Waals surface area contributed by atoms with Crippen LogP contribution >= 0.6 is 0 Å². The maximum Gasteiger partial charge on any atom is 0.419 e. The molecule has 0 atom stereocenters. The van der Waals surface area contributed by atoms with Crippen molar-refractivity contribution in [3.8, 4) is 0 Å². The molecule has 0 aliphatic carbocycles. The Hall–Kier alpha value is -3.17. The van der Waals surface area contributed by atoms with Gasteiger partial charge in [0.15, 0.2) is 0 Å². The largest absolute Gasteiger partial charge is 0.419 e. The summed E-state index contributed by atoms with van der Waals surface area (Å²) in [6, 6.07) is 14.6. The Bertz CT molecular complexity index is 997. The topological polar surface area (TPSA) is 3.24 Å². The minimum Gasteiger partial charge on any atom is -0.310 e. The molecule has 0 bridgehead atoms. The number of benzene rings is 3. The molecule has 0 fully saturated rings. The highest BCUT2D eigenvalue weighted by molar-refractivity contribution is 5.80. The molecule has 3 aromatic rings. The first-order valence-corrected chi connectivity index (χ1v) is 8.60. The number of alkyl halides is 9. The molecule has 0 radical (unpaired) electrons. The van der Waals surface area contributed by atoms with Crippen LogP contribution in [0.1, 0.15) is 16.7 Å². The van der Waals surface area contributed by atoms with Gasteiger partial charge < -0.3 is 4.90 Å². The predicted molar refractivity (Wildman–Crippen MR) is 96.1 cm³/mol. The van der Waals surface area contributed by atoms with Crippen molar-refractivity contribution in [2.75, 3.05) is 4.90 Å². The molecule has 0 N–H and O–H groups in total. The molecular weight excluding hydrogens is 437 g/mol. The number of nitrogens with zero attached hydrogens (tertiary/aromatic N) is 1. The van der Waals surface area contributed by atoms with Gasteiger partial charge in [0, 0.05) is 11.4 Å². The van der Waals surface area contributed by atoms with E-state index in [1.165, 1.54) is 60.7 Å². The minimum absolute atomic E-state index is 0.0201. The Balaban J connectivity index is 2.46. The van der Waals surface area contributed by atoms with Gasteiger partial charge in [0.1, 0.15) is 0 Å². The molecule has 0 saturated carbocycles. The van der Waals surface area contributed by atoms with E-state index in [4.69, 9.17) is 0 Å². The summed E-state index contributed by atoms with van der Waals surface area (Å²) in [5.41, 5.74) is -8.61. The van der Waals surface area contributed by atoms with Crippen molar-refractivity contribution in [3.63, 3.8) is 0 Å². The third-order valence-electron chi connectivity index (χ3n) is 4.33. The number of hydrogen-bond acceptors (Lipinski definition) is 1. The summed E-state index contributed by atoms with van der Waals surface area (Å²) >= 11 is 0. The van der Waals surface area contributed by atoms with Crippen molar-refractivity contribution in [1.29, 1.82) is 0 Å². The summed E-state index contributed by atoms with van der Waals surface area (Å²) in [5.74, 6) is 0. The highest BCUT2D eigenvalue weighted by Crippen LogP contribution is 2.52. The third kappa shape index (κ3) is 4.62. The maximum atomic E-state index is 13.9. The molecule has 0 heterocycles. The molecule has 0 amide bonds. The molecule has 0 unspecified atom stereocenters. The molecule has 0 aliphatic rings. The Kier molecular flexibility index (Phi) is 5.68. The molecular formula is C21H12F9N. The molecule has 0 aliphatic heterocycles. The SMILES string of the molecule is FC(F)(F)c1ccc(N(c2ccccc2)c2ccccc2)c(C(F)(F)F)c1C(F)(F)F. The summed E-state index contributed by atoms with van der Waals surface area (Å²) in [4.78, 5) is 0.832. The van der Waals surface area contributed by atoms with Crippen LogP contribution in [0, 0.1) is 0 Å². The van der Waals surface area contributed by atoms with Gasteiger partial charge in [-0.1, -0.05) is 36.4 Å². The van der Waals surface area contributed by atoms with Crippen LogP contribution < -0.4 is 4.90 Å². The van der Waals surface area contributed by atoms with E-state index in [9.17, 15) is 39.5 Å². The second kappa shape index (κ2) is 7.82. The first kappa shape index (κ1) is 22.5. The number of para-hydroxylation sites is 2. The van der Waals surface area contributed by atoms with Crippen molar-refractivity contribution in [1.82, 2.24) is 0 Å². The Morgan fingerprint density at radius 1 is 0.452 bits per heavy atom. The van der Waals surface area contributed by atoms with E-state index in [0.29, 0.717) is 6.07 Å². The summed E-state index contributed by atoms with van der Waals surface area (Å²) in [5, 5.41) is 0. The summed E-state index contributed by atoms with van der Waals surface area (Å²) in [7, 11) is 0. The van der Waals surface area contributed by atoms with E-state index < -0.39 is 40.9 Å². The number of rotatable bonds is 3. The van der Waals surface area contributed by atoms with Crippen LogP contribution in [0.2, 0.25) is 0 Å². The van der Waals surface area contributed by atoms with Crippen LogP contribution in [0.3, 0.4) is 0 Å². The highest BCUT2D eigenvalue weighted by atomic mass is 19.4. The Labute approximate surface area is 170 Å². The fourth-order valence-electron chi connectivity index (χ4n) is 3.18. The highest BCUT2D eigenvalue weighted by Gasteiger charge is 2.52. The van der Waals surface area contributed by atoms with Gasteiger partial charge in [0.25, 0.3) is 0 Å². The molecule has 1 nitrogen and oxygen atoms in total. The average Bonchev–Trinajstić information content (AvgIpc) is 2.67. The van der Waals surface area contributed by atoms with Crippen LogP contribution in [0.25, 0.3) is 0 Å². The zero-order valence-electron chi connectivity index (χ0n) is 15.3. The van der Waals surface area contributed by atoms with Gasteiger partial charge in [-0.15, -0.1) is 0 Å². The number of halogens is 9. The lowest BCUT2D eigenvalue weighted by molar-refractivity contribution is -0.174. The van der Waals surface area contributed by atoms with Crippen molar-refractivity contribution < 1.29 is 39.5 Å². The van der Waals surface area contributed by atoms with E-state index in [0.717, 1.165) is 4.90 Å². The predicted octanol–water partition coefficient (Wildman–Crippen LogP) is 8.21. The molecule has 0 aromatic heterocycles. The van der Waals surface area contributed by atoms with Crippen LogP contribution in [-0.2, 0) is 18.5 Å². The zero-order chi connectivity index (χ0) is 23.0. The maximum absolute atomic E-state index is 13.9. The molecule has 31 heavy (non-hydrogen) atoms. The van der Waals surface area contributed by atoms with Crippen molar-refractivity contribution in [2.45, 2.75) is 18.5 Å². The number of hydrogen-bond donors (Lipinski definition) is 0. The van der Waals surface area contributed by atoms with Crippen molar-refractivity contribution in [3.05, 3.63) is 89.5 Å². The first-order valence-electron chi connectivity index (χ1n) is 8.60. The van der Waals surface area contributed by atoms with Gasteiger partial charge in [-0.2, -0.15) is 39.5 Å². The smallest absolute Gasteiger partial charge is 0.310 e. The minimum atomic E-state index is -5.91. The second-order valence-corrected chi connectivity index (χ2v) is 6.38. The summed E-state index contributed by atoms with van der Waals surface area (Å²) < 4.78 is 122. The lowest BCUT2D eigenvalue weighted by Crippen LogP contribution is -2.26. The fraction of sp³-hybridized carbons (Fsp3) is 0.143. The first-order chi connectivity index (χ1) is 14.3. The standard InChI is InChI=1S/C21H12F9N/c22-19(23,24)15-11-12-16(18(21(28,29)30)17(15)20(25,26)27)31(13-7-3-1-4-8-13)14-9-5-2-6-10-14/h1-12H. The normalized spacial score (nSPS) is 12.7. The van der Waals surface area contributed by atoms with E-state index in [1.54, 1.807) is 0 Å². The van der Waals surface area contributed by atoms with Crippen LogP contribution in [0.4, 0.5) is 56.6 Å². The van der Waals surface area contributed by atoms with Crippen LogP contribution in [0.15, 0.2) is 72.8 Å². The average molecular weight is 449 g/mol. The lowest BCUT2D eigenvalue weighted by Gasteiger charge is -2.31. The quantitative estimate of drug-likeness (QED) is 0.364. The van der Waals surface area contributed by atoms with Gasteiger partial charge in [-0.3, -0.25) is 0 Å². The van der Waals surface area contributed by atoms with Gasteiger partial charge in [-0.25, -0.2) is 0 Å². The van der Waals surface area contributed by atoms with Crippen molar-refractivity contribution >= 4 is 17.1 Å². The second-order valence-electron chi connectivity index (χ2n) is 6.38. The van der Waals surface area contributed by atoms with Gasteiger partial charge in [-0.05, 0) is 36.4 Å². The molecule has 0 saturated heterocycles. The fourth-order valence-corrected chi connectivity index (χ4v) is 3.18. The van der Waals surface area contributed by atoms with Gasteiger partial charge in [0.05, 0.1) is 22.4 Å². The van der Waals surface area contributed by atoms with Crippen LogP contribution in [0.5, 0.6) is 0 Å². The van der Waals surface area contributed by atoms with Crippen LogP contribution in [-0.4, -0.2) is 0 Å². The van der Waals surface area contributed by atoms with E-state index in [2.05, 4.69) is 0 Å². The molecule has 10 heteroatoms. The third-order valence-corrected chi connectivity index (χ3v) is 4.33. The van der Waals surface area contributed by atoms with E-state index >= 15 is 0 Å². The summed E-state index contributed by atoms with van der Waals surface area (Å²) in [6.45, 7) is 0.